The monoisotopic (exact) mass is 452 g/mol. The normalized spacial score (nSPS) is 31.4. The molecule has 4 fully saturated rings. The van der Waals surface area contributed by atoms with Crippen molar-refractivity contribution in [2.24, 2.45) is 35.2 Å². The summed E-state index contributed by atoms with van der Waals surface area (Å²) in [4.78, 5) is 35.0. The molecule has 2 heterocycles. The second-order valence-electron chi connectivity index (χ2n) is 11.0. The van der Waals surface area contributed by atoms with E-state index in [9.17, 15) is 9.59 Å². The Bertz CT molecular complexity index is 1210. The summed E-state index contributed by atoms with van der Waals surface area (Å²) in [5.74, 6) is 2.93. The molecule has 2 bridgehead atoms. The van der Waals surface area contributed by atoms with Gasteiger partial charge in [-0.05, 0) is 61.1 Å². The van der Waals surface area contributed by atoms with Crippen molar-refractivity contribution in [3.8, 4) is 0 Å². The number of nitrogens with one attached hydrogen (secondary N) is 3. The number of H-pyrrole nitrogens is 1. The van der Waals surface area contributed by atoms with Crippen molar-refractivity contribution >= 4 is 22.5 Å². The summed E-state index contributed by atoms with van der Waals surface area (Å²) < 4.78 is 1.10. The third-order valence-corrected chi connectivity index (χ3v) is 8.63. The molecule has 2 aromatic rings. The zero-order chi connectivity index (χ0) is 23.5. The number of rotatable bonds is 2. The molecular weight excluding hydrogens is 416 g/mol. The van der Waals surface area contributed by atoms with Crippen molar-refractivity contribution in [2.45, 2.75) is 52.6 Å². The van der Waals surface area contributed by atoms with E-state index >= 15 is 0 Å². The van der Waals surface area contributed by atoms with Gasteiger partial charge >= 0.3 is 5.69 Å². The van der Waals surface area contributed by atoms with Gasteiger partial charge in [0, 0.05) is 38.4 Å². The molecule has 8 nitrogen and oxygen atoms in total. The molecule has 3 saturated carbocycles. The molecule has 4 aliphatic rings. The molecule has 0 unspecified atom stereocenters. The summed E-state index contributed by atoms with van der Waals surface area (Å²) in [6.07, 6.45) is 2.47. The van der Waals surface area contributed by atoms with Crippen LogP contribution in [0, 0.1) is 23.2 Å². The van der Waals surface area contributed by atoms with Gasteiger partial charge in [0.1, 0.15) is 0 Å². The fraction of sp³-hybridized carbons (Fsp3) is 0.640. The zero-order valence-electron chi connectivity index (χ0n) is 20.3. The summed E-state index contributed by atoms with van der Waals surface area (Å²) >= 11 is 0. The number of hydrogen-bond donors (Lipinski definition) is 3. The Morgan fingerprint density at radius 1 is 1.21 bits per heavy atom. The maximum absolute atomic E-state index is 12.4. The predicted molar refractivity (Wildman–Crippen MR) is 133 cm³/mol. The quantitative estimate of drug-likeness (QED) is 0.480. The number of aliphatic imine (C=N–C) groups is 1. The first-order valence-electron chi connectivity index (χ1n) is 12.2. The standard InChI is InChI=1S/C25H36N6O2/c1-14-13-31(9-8-26-14)23(28-20-11-16-10-19(15(20)2)25(16,3)4)27-17-6-7-18-21(12-17)29-24(33)30(5)22(18)32/h6-7,12,14-16,19-20,26H,8-11,13H2,1-5H3,(H,27,28)(H,29,33)/t14-,15-,16+,19-,20-/m0/s1. The van der Waals surface area contributed by atoms with E-state index in [-0.39, 0.29) is 5.56 Å². The summed E-state index contributed by atoms with van der Waals surface area (Å²) in [6.45, 7) is 12.1. The lowest BCUT2D eigenvalue weighted by Gasteiger charge is -2.61. The summed E-state index contributed by atoms with van der Waals surface area (Å²) in [7, 11) is 1.49. The molecule has 3 aliphatic carbocycles. The molecule has 1 saturated heterocycles. The highest BCUT2D eigenvalue weighted by atomic mass is 16.2. The number of aromatic nitrogens is 2. The van der Waals surface area contributed by atoms with Gasteiger partial charge in [-0.2, -0.15) is 0 Å². The van der Waals surface area contributed by atoms with Crippen LogP contribution in [0.25, 0.3) is 10.9 Å². The second kappa shape index (κ2) is 8.01. The van der Waals surface area contributed by atoms with Gasteiger partial charge in [-0.25, -0.2) is 9.79 Å². The van der Waals surface area contributed by atoms with Gasteiger partial charge in [0.25, 0.3) is 5.56 Å². The molecule has 178 valence electrons. The van der Waals surface area contributed by atoms with Gasteiger partial charge in [0.05, 0.1) is 16.9 Å². The fourth-order valence-electron chi connectivity index (χ4n) is 6.28. The lowest BCUT2D eigenvalue weighted by atomic mass is 9.45. The smallest absolute Gasteiger partial charge is 0.328 e. The lowest BCUT2D eigenvalue weighted by molar-refractivity contribution is -0.108. The Kier molecular flexibility index (Phi) is 5.39. The fourth-order valence-corrected chi connectivity index (χ4v) is 6.28. The van der Waals surface area contributed by atoms with Crippen LogP contribution < -0.4 is 21.9 Å². The maximum atomic E-state index is 12.4. The van der Waals surface area contributed by atoms with Crippen molar-refractivity contribution in [1.82, 2.24) is 19.8 Å². The van der Waals surface area contributed by atoms with E-state index in [4.69, 9.17) is 4.99 Å². The maximum Gasteiger partial charge on any atom is 0.328 e. The van der Waals surface area contributed by atoms with Crippen molar-refractivity contribution in [3.63, 3.8) is 0 Å². The van der Waals surface area contributed by atoms with Gasteiger partial charge in [-0.3, -0.25) is 9.36 Å². The first-order chi connectivity index (χ1) is 15.6. The molecular formula is C25H36N6O2. The number of fused-ring (bicyclic) bond motifs is 3. The largest absolute Gasteiger partial charge is 0.340 e. The molecule has 3 N–H and O–H groups in total. The summed E-state index contributed by atoms with van der Waals surface area (Å²) in [5.41, 5.74) is 1.09. The van der Waals surface area contributed by atoms with Crippen LogP contribution in [0.15, 0.2) is 32.8 Å². The number of piperazine rings is 1. The first kappa shape index (κ1) is 22.2. The third kappa shape index (κ3) is 3.78. The van der Waals surface area contributed by atoms with Crippen LogP contribution in [0.2, 0.25) is 0 Å². The summed E-state index contributed by atoms with van der Waals surface area (Å²) in [5, 5.41) is 7.56. The average molecular weight is 453 g/mol. The van der Waals surface area contributed by atoms with Gasteiger partial charge in [-0.1, -0.05) is 20.8 Å². The molecule has 6 rings (SSSR count). The van der Waals surface area contributed by atoms with Crippen molar-refractivity contribution in [3.05, 3.63) is 39.0 Å². The Morgan fingerprint density at radius 3 is 2.70 bits per heavy atom. The first-order valence-corrected chi connectivity index (χ1v) is 12.2. The van der Waals surface area contributed by atoms with E-state index in [1.54, 1.807) is 6.07 Å². The highest BCUT2D eigenvalue weighted by Crippen LogP contribution is 2.61. The number of hydrogen-bond acceptors (Lipinski definition) is 4. The zero-order valence-corrected chi connectivity index (χ0v) is 20.3. The lowest BCUT2D eigenvalue weighted by Crippen LogP contribution is -2.57. The topological polar surface area (TPSA) is 94.5 Å². The van der Waals surface area contributed by atoms with Crippen LogP contribution in [0.1, 0.15) is 40.5 Å². The van der Waals surface area contributed by atoms with E-state index < -0.39 is 5.69 Å². The Labute approximate surface area is 194 Å². The number of anilines is 1. The second-order valence-corrected chi connectivity index (χ2v) is 11.0. The van der Waals surface area contributed by atoms with Crippen LogP contribution in [0.5, 0.6) is 0 Å². The molecule has 0 amide bonds. The summed E-state index contributed by atoms with van der Waals surface area (Å²) in [6, 6.07) is 6.20. The van der Waals surface area contributed by atoms with Gasteiger partial charge in [0.2, 0.25) is 0 Å². The average Bonchev–Trinajstić information content (AvgIpc) is 2.77. The van der Waals surface area contributed by atoms with E-state index in [0.29, 0.717) is 34.3 Å². The number of guanidine groups is 1. The Morgan fingerprint density at radius 2 is 2.00 bits per heavy atom. The van der Waals surface area contributed by atoms with Crippen LogP contribution in [0.4, 0.5) is 5.69 Å². The SMILES string of the molecule is C[C@@H]1[C@@H](N=C(Nc2ccc3c(=O)n(C)c(=O)[nH]c3c2)N2CCN[C@@H](C)C2)C[C@H]2C[C@@H]1C2(C)C. The van der Waals surface area contributed by atoms with Crippen molar-refractivity contribution in [1.29, 1.82) is 0 Å². The number of aromatic amines is 1. The highest BCUT2D eigenvalue weighted by molar-refractivity contribution is 5.96. The van der Waals surface area contributed by atoms with E-state index in [2.05, 4.69) is 48.2 Å². The highest BCUT2D eigenvalue weighted by Gasteiger charge is 2.56. The van der Waals surface area contributed by atoms with Crippen LogP contribution >= 0.6 is 0 Å². The van der Waals surface area contributed by atoms with Crippen molar-refractivity contribution in [2.75, 3.05) is 25.0 Å². The molecule has 1 aromatic carbocycles. The Hall–Kier alpha value is -2.61. The molecule has 0 radical (unpaired) electrons. The molecule has 33 heavy (non-hydrogen) atoms. The van der Waals surface area contributed by atoms with Crippen LogP contribution in [-0.2, 0) is 7.05 Å². The molecule has 0 spiro atoms. The minimum absolute atomic E-state index is 0.289. The van der Waals surface area contributed by atoms with Crippen LogP contribution in [-0.4, -0.2) is 52.1 Å². The van der Waals surface area contributed by atoms with Crippen molar-refractivity contribution < 1.29 is 0 Å². The van der Waals surface area contributed by atoms with Crippen LogP contribution in [0.3, 0.4) is 0 Å². The molecule has 8 heteroatoms. The van der Waals surface area contributed by atoms with Gasteiger partial charge in [-0.15, -0.1) is 0 Å². The van der Waals surface area contributed by atoms with E-state index in [0.717, 1.165) is 54.1 Å². The number of benzene rings is 1. The minimum Gasteiger partial charge on any atom is -0.340 e. The number of nitrogens with zero attached hydrogens (tertiary/aromatic N) is 3. The van der Waals surface area contributed by atoms with E-state index in [1.165, 1.54) is 13.5 Å². The Balaban J connectivity index is 1.48. The van der Waals surface area contributed by atoms with Gasteiger partial charge < -0.3 is 20.5 Å². The van der Waals surface area contributed by atoms with Gasteiger partial charge in [0.15, 0.2) is 5.96 Å². The molecule has 1 aromatic heterocycles. The predicted octanol–water partition coefficient (Wildman–Crippen LogP) is 2.36. The van der Waals surface area contributed by atoms with E-state index in [1.807, 2.05) is 12.1 Å². The minimum atomic E-state index is -0.410. The molecule has 1 aliphatic heterocycles. The molecule has 5 atom stereocenters. The third-order valence-electron chi connectivity index (χ3n) is 8.63.